The summed E-state index contributed by atoms with van der Waals surface area (Å²) >= 11 is 0. The predicted octanol–water partition coefficient (Wildman–Crippen LogP) is 4.96. The third-order valence-corrected chi connectivity index (χ3v) is 3.99. The number of hydrogen-bond donors (Lipinski definition) is 1. The molecule has 19 heavy (non-hydrogen) atoms. The van der Waals surface area contributed by atoms with E-state index in [9.17, 15) is 5.11 Å². The van der Waals surface area contributed by atoms with Gasteiger partial charge >= 0.3 is 0 Å². The molecule has 0 aliphatic heterocycles. The molecule has 0 aliphatic carbocycles. The van der Waals surface area contributed by atoms with Crippen LogP contribution in [0.2, 0.25) is 0 Å². The Morgan fingerprint density at radius 3 is 1.84 bits per heavy atom. The van der Waals surface area contributed by atoms with Crippen LogP contribution in [0.25, 0.3) is 0 Å². The monoisotopic (exact) mass is 264 g/mol. The lowest BCUT2D eigenvalue weighted by atomic mass is 9.88. The van der Waals surface area contributed by atoms with Gasteiger partial charge in [-0.2, -0.15) is 0 Å². The van der Waals surface area contributed by atoms with E-state index in [4.69, 9.17) is 4.74 Å². The average Bonchev–Trinajstić information content (AvgIpc) is 2.44. The highest BCUT2D eigenvalue weighted by atomic mass is 16.5. The maximum absolute atomic E-state index is 10.5. The molecule has 0 fully saturated rings. The number of ether oxygens (including phenoxy) is 1. The Kier molecular flexibility index (Phi) is 6.36. The molecule has 1 aromatic carbocycles. The summed E-state index contributed by atoms with van der Waals surface area (Å²) in [6, 6.07) is 4.20. The number of rotatable bonds is 7. The highest BCUT2D eigenvalue weighted by Crippen LogP contribution is 2.37. The predicted molar refractivity (Wildman–Crippen MR) is 80.8 cm³/mol. The fourth-order valence-electron chi connectivity index (χ4n) is 2.24. The first-order chi connectivity index (χ1) is 9.04. The van der Waals surface area contributed by atoms with Crippen LogP contribution in [0, 0.1) is 0 Å². The zero-order valence-corrected chi connectivity index (χ0v) is 13.0. The normalized spacial score (nSPS) is 14.4. The highest BCUT2D eigenvalue weighted by Gasteiger charge is 2.17. The highest BCUT2D eigenvalue weighted by molar-refractivity contribution is 5.47. The summed E-state index contributed by atoms with van der Waals surface area (Å²) in [7, 11) is 0. The minimum Gasteiger partial charge on any atom is -0.507 e. The molecule has 0 aromatic heterocycles. The number of aromatic hydroxyl groups is 1. The van der Waals surface area contributed by atoms with Gasteiger partial charge in [0.1, 0.15) is 5.75 Å². The zero-order valence-electron chi connectivity index (χ0n) is 13.0. The van der Waals surface area contributed by atoms with E-state index >= 15 is 0 Å². The molecule has 2 nitrogen and oxygen atoms in total. The molecule has 0 radical (unpaired) electrons. The minimum atomic E-state index is 0.379. The number of hydrogen-bond acceptors (Lipinski definition) is 2. The first-order valence-electron chi connectivity index (χ1n) is 7.48. The maximum Gasteiger partial charge on any atom is 0.122 e. The Bertz CT molecular complexity index is 367. The molecular weight excluding hydrogens is 236 g/mol. The van der Waals surface area contributed by atoms with E-state index in [0.717, 1.165) is 30.6 Å². The summed E-state index contributed by atoms with van der Waals surface area (Å²) in [4.78, 5) is 0. The van der Waals surface area contributed by atoms with Gasteiger partial charge in [-0.05, 0) is 60.4 Å². The molecule has 2 heteroatoms. The van der Waals surface area contributed by atoms with Gasteiger partial charge in [0.05, 0.1) is 6.61 Å². The van der Waals surface area contributed by atoms with Gasteiger partial charge in [0.25, 0.3) is 0 Å². The third kappa shape index (κ3) is 3.97. The summed E-state index contributed by atoms with van der Waals surface area (Å²) in [6.07, 6.45) is 2.07. The van der Waals surface area contributed by atoms with Crippen LogP contribution in [0.15, 0.2) is 12.1 Å². The SMILES string of the molecule is CCOCc1cc(C(C)CC)c(O)c(C(C)CC)c1. The topological polar surface area (TPSA) is 29.5 Å². The smallest absolute Gasteiger partial charge is 0.122 e. The Morgan fingerprint density at radius 2 is 1.47 bits per heavy atom. The van der Waals surface area contributed by atoms with Crippen molar-refractivity contribution in [2.45, 2.75) is 65.9 Å². The van der Waals surface area contributed by atoms with Crippen molar-refractivity contribution in [2.24, 2.45) is 0 Å². The molecular formula is C17H28O2. The van der Waals surface area contributed by atoms with Crippen molar-refractivity contribution in [3.63, 3.8) is 0 Å². The summed E-state index contributed by atoms with van der Waals surface area (Å²) in [5.74, 6) is 1.25. The maximum atomic E-state index is 10.5. The van der Waals surface area contributed by atoms with Crippen LogP contribution in [0.3, 0.4) is 0 Å². The van der Waals surface area contributed by atoms with Crippen LogP contribution in [0.4, 0.5) is 0 Å². The summed E-state index contributed by atoms with van der Waals surface area (Å²) in [5, 5.41) is 10.5. The van der Waals surface area contributed by atoms with Gasteiger partial charge in [-0.15, -0.1) is 0 Å². The zero-order chi connectivity index (χ0) is 14.4. The van der Waals surface area contributed by atoms with Crippen molar-refractivity contribution in [1.82, 2.24) is 0 Å². The van der Waals surface area contributed by atoms with Crippen LogP contribution < -0.4 is 0 Å². The van der Waals surface area contributed by atoms with E-state index in [1.807, 2.05) is 6.92 Å². The van der Waals surface area contributed by atoms with E-state index in [1.165, 1.54) is 5.56 Å². The van der Waals surface area contributed by atoms with Crippen LogP contribution >= 0.6 is 0 Å². The van der Waals surface area contributed by atoms with Gasteiger partial charge in [-0.1, -0.05) is 27.7 Å². The van der Waals surface area contributed by atoms with Crippen molar-refractivity contribution < 1.29 is 9.84 Å². The third-order valence-electron chi connectivity index (χ3n) is 3.99. The fourth-order valence-corrected chi connectivity index (χ4v) is 2.24. The van der Waals surface area contributed by atoms with E-state index in [2.05, 4.69) is 39.8 Å². The standard InChI is InChI=1S/C17H28O2/c1-6-12(4)15-9-14(11-19-8-3)10-16(17(15)18)13(5)7-2/h9-10,12-13,18H,6-8,11H2,1-5H3. The van der Waals surface area contributed by atoms with Crippen LogP contribution in [-0.2, 0) is 11.3 Å². The van der Waals surface area contributed by atoms with Gasteiger partial charge in [-0.25, -0.2) is 0 Å². The molecule has 0 saturated heterocycles. The Hall–Kier alpha value is -1.02. The lowest BCUT2D eigenvalue weighted by molar-refractivity contribution is 0.134. The second-order valence-corrected chi connectivity index (χ2v) is 5.38. The quantitative estimate of drug-likeness (QED) is 0.754. The first-order valence-corrected chi connectivity index (χ1v) is 7.48. The number of benzene rings is 1. The van der Waals surface area contributed by atoms with Gasteiger partial charge in [0, 0.05) is 6.61 Å². The van der Waals surface area contributed by atoms with Gasteiger partial charge < -0.3 is 9.84 Å². The lowest BCUT2D eigenvalue weighted by Crippen LogP contribution is -2.02. The van der Waals surface area contributed by atoms with Crippen LogP contribution in [0.5, 0.6) is 5.75 Å². The molecule has 0 saturated carbocycles. The lowest BCUT2D eigenvalue weighted by Gasteiger charge is -2.20. The van der Waals surface area contributed by atoms with E-state index < -0.39 is 0 Å². The molecule has 2 atom stereocenters. The van der Waals surface area contributed by atoms with Gasteiger partial charge in [0.2, 0.25) is 0 Å². The van der Waals surface area contributed by atoms with E-state index in [1.54, 1.807) is 0 Å². The molecule has 0 bridgehead atoms. The first kappa shape index (κ1) is 16.0. The molecule has 1 rings (SSSR count). The van der Waals surface area contributed by atoms with Crippen molar-refractivity contribution in [3.05, 3.63) is 28.8 Å². The van der Waals surface area contributed by atoms with Crippen molar-refractivity contribution in [2.75, 3.05) is 6.61 Å². The molecule has 0 spiro atoms. The average molecular weight is 264 g/mol. The molecule has 1 aromatic rings. The second-order valence-electron chi connectivity index (χ2n) is 5.38. The second kappa shape index (κ2) is 7.54. The van der Waals surface area contributed by atoms with Crippen LogP contribution in [-0.4, -0.2) is 11.7 Å². The molecule has 0 heterocycles. The van der Waals surface area contributed by atoms with Crippen LogP contribution in [0.1, 0.15) is 76.0 Å². The van der Waals surface area contributed by atoms with Crippen molar-refractivity contribution in [3.8, 4) is 5.75 Å². The van der Waals surface area contributed by atoms with Crippen molar-refractivity contribution in [1.29, 1.82) is 0 Å². The number of phenols is 1. The van der Waals surface area contributed by atoms with E-state index in [0.29, 0.717) is 24.2 Å². The molecule has 0 amide bonds. The fraction of sp³-hybridized carbons (Fsp3) is 0.647. The molecule has 1 N–H and O–H groups in total. The Morgan fingerprint density at radius 1 is 1.00 bits per heavy atom. The minimum absolute atomic E-state index is 0.379. The van der Waals surface area contributed by atoms with Gasteiger partial charge in [0.15, 0.2) is 0 Å². The summed E-state index contributed by atoms with van der Waals surface area (Å²) < 4.78 is 5.51. The molecule has 2 unspecified atom stereocenters. The Labute approximate surface area is 117 Å². The molecule has 108 valence electrons. The van der Waals surface area contributed by atoms with Gasteiger partial charge in [-0.3, -0.25) is 0 Å². The van der Waals surface area contributed by atoms with Crippen molar-refractivity contribution >= 4 is 0 Å². The Balaban J connectivity index is 3.21. The largest absolute Gasteiger partial charge is 0.507 e. The molecule has 0 aliphatic rings. The summed E-state index contributed by atoms with van der Waals surface area (Å²) in [5.41, 5.74) is 3.30. The van der Waals surface area contributed by atoms with E-state index in [-0.39, 0.29) is 0 Å². The number of phenolic OH excluding ortho intramolecular Hbond substituents is 1. The summed E-state index contributed by atoms with van der Waals surface area (Å²) in [6.45, 7) is 12.0.